The van der Waals surface area contributed by atoms with Crippen molar-refractivity contribution in [1.82, 2.24) is 0 Å². The molecule has 0 spiro atoms. The summed E-state index contributed by atoms with van der Waals surface area (Å²) in [4.78, 5) is 88.3. The number of unbranched alkanes of at least 4 members (excludes halogenated alkanes) is 3. The quantitative estimate of drug-likeness (QED) is 0.0136. The van der Waals surface area contributed by atoms with E-state index in [2.05, 4.69) is 54.6 Å². The van der Waals surface area contributed by atoms with Gasteiger partial charge in [-0.25, -0.2) is 14.4 Å². The Kier molecular flexibility index (Phi) is 23.7. The van der Waals surface area contributed by atoms with E-state index in [-0.39, 0.29) is 46.9 Å². The van der Waals surface area contributed by atoms with Gasteiger partial charge in [-0.15, -0.1) is 6.42 Å². The molecular weight excluding hydrogens is 1110 g/mol. The first-order valence-corrected chi connectivity index (χ1v) is 29.9. The Hall–Kier alpha value is -9.89. The first kappa shape index (κ1) is 64.1. The zero-order valence-electron chi connectivity index (χ0n) is 49.2. The number of ether oxygens (including phenoxy) is 7. The maximum absolute atomic E-state index is 14.1. The molecule has 14 heteroatoms. The van der Waals surface area contributed by atoms with Gasteiger partial charge < -0.3 is 33.2 Å². The molecule has 8 rings (SSSR count). The average molecular weight is 1180 g/mol. The van der Waals surface area contributed by atoms with E-state index in [4.69, 9.17) is 39.6 Å². The van der Waals surface area contributed by atoms with Crippen molar-refractivity contribution in [2.75, 3.05) is 20.0 Å². The molecule has 0 heterocycles. The normalized spacial score (nSPS) is 19.2. The van der Waals surface area contributed by atoms with Crippen LogP contribution in [0.3, 0.4) is 0 Å². The Labute approximate surface area is 514 Å². The molecule has 0 atom stereocenters. The molecule has 3 fully saturated rings. The number of hydrogen-bond donors (Lipinski definition) is 0. The number of hydrogen-bond acceptors (Lipinski definition) is 14. The SMILES string of the molecule is C#Cc1ccc(C#Cc2ccc(C#Cc3ccc(C#CC4(OC(=O)c5ccc(OC(=O)C6CCC(C(=O)OCCCCCCOC(=O)C=C)CC6)cc5)CCC(c5ccc(OC(=O)C6CCC(C(=O)OCOC(=O)C=C)CC6)cc5)CC4)cc3)cc2)cc1. The van der Waals surface area contributed by atoms with Crippen molar-refractivity contribution >= 4 is 41.8 Å². The van der Waals surface area contributed by atoms with Gasteiger partial charge in [0.1, 0.15) is 11.5 Å². The highest BCUT2D eigenvalue weighted by Crippen LogP contribution is 2.41. The van der Waals surface area contributed by atoms with Crippen molar-refractivity contribution in [2.45, 2.75) is 114 Å². The predicted molar refractivity (Wildman–Crippen MR) is 328 cm³/mol. The molecule has 0 unspecified atom stereocenters. The van der Waals surface area contributed by atoms with Gasteiger partial charge in [-0.1, -0.05) is 60.8 Å². The summed E-state index contributed by atoms with van der Waals surface area (Å²) >= 11 is 0. The van der Waals surface area contributed by atoms with Crippen molar-refractivity contribution in [3.8, 4) is 59.4 Å². The third-order valence-corrected chi connectivity index (χ3v) is 16.0. The van der Waals surface area contributed by atoms with Crippen LogP contribution in [0, 0.1) is 71.5 Å². The highest BCUT2D eigenvalue weighted by molar-refractivity contribution is 5.90. The molecule has 450 valence electrons. The maximum atomic E-state index is 14.1. The first-order chi connectivity index (χ1) is 42.8. The van der Waals surface area contributed by atoms with E-state index < -0.39 is 48.2 Å². The Morgan fingerprint density at radius 3 is 1.27 bits per heavy atom. The van der Waals surface area contributed by atoms with Crippen molar-refractivity contribution in [2.24, 2.45) is 23.7 Å². The molecule has 0 N–H and O–H groups in total. The van der Waals surface area contributed by atoms with Crippen LogP contribution in [0.1, 0.15) is 158 Å². The lowest BCUT2D eigenvalue weighted by atomic mass is 9.76. The monoisotopic (exact) mass is 1180 g/mol. The van der Waals surface area contributed by atoms with E-state index >= 15 is 0 Å². The van der Waals surface area contributed by atoms with Gasteiger partial charge in [0.15, 0.2) is 5.60 Å². The van der Waals surface area contributed by atoms with Crippen molar-refractivity contribution in [3.63, 3.8) is 0 Å². The molecule has 0 saturated heterocycles. The van der Waals surface area contributed by atoms with Gasteiger partial charge in [0.25, 0.3) is 0 Å². The van der Waals surface area contributed by atoms with E-state index in [1.807, 2.05) is 84.9 Å². The molecule has 0 aliphatic heterocycles. The van der Waals surface area contributed by atoms with Crippen LogP contribution < -0.4 is 9.47 Å². The van der Waals surface area contributed by atoms with Crippen molar-refractivity contribution in [1.29, 1.82) is 0 Å². The number of rotatable bonds is 20. The van der Waals surface area contributed by atoms with Crippen LogP contribution in [-0.2, 0) is 52.5 Å². The predicted octanol–water partition coefficient (Wildman–Crippen LogP) is 12.3. The van der Waals surface area contributed by atoms with Gasteiger partial charge >= 0.3 is 41.8 Å². The number of terminal acetylenes is 1. The van der Waals surface area contributed by atoms with E-state index in [9.17, 15) is 33.6 Å². The Morgan fingerprint density at radius 1 is 0.443 bits per heavy atom. The van der Waals surface area contributed by atoms with Gasteiger partial charge in [-0.05, 0) is 229 Å². The van der Waals surface area contributed by atoms with Crippen LogP contribution in [-0.4, -0.2) is 67.4 Å². The van der Waals surface area contributed by atoms with Crippen LogP contribution in [0.25, 0.3) is 0 Å². The van der Waals surface area contributed by atoms with Crippen LogP contribution >= 0.6 is 0 Å². The Morgan fingerprint density at radius 2 is 0.830 bits per heavy atom. The third kappa shape index (κ3) is 19.6. The van der Waals surface area contributed by atoms with Gasteiger partial charge in [-0.3, -0.25) is 19.2 Å². The summed E-state index contributed by atoms with van der Waals surface area (Å²) in [5.41, 5.74) is 5.04. The lowest BCUT2D eigenvalue weighted by Gasteiger charge is -2.36. The molecule has 3 aliphatic rings. The van der Waals surface area contributed by atoms with Crippen LogP contribution in [0.4, 0.5) is 0 Å². The smallest absolute Gasteiger partial charge is 0.339 e. The summed E-state index contributed by atoms with van der Waals surface area (Å²) in [5.74, 6) is 18.2. The van der Waals surface area contributed by atoms with Gasteiger partial charge in [0, 0.05) is 45.5 Å². The maximum Gasteiger partial charge on any atom is 0.339 e. The summed E-state index contributed by atoms with van der Waals surface area (Å²) in [7, 11) is 0. The first-order valence-electron chi connectivity index (χ1n) is 29.9. The van der Waals surface area contributed by atoms with Crippen LogP contribution in [0.2, 0.25) is 0 Å². The van der Waals surface area contributed by atoms with E-state index in [0.717, 1.165) is 64.8 Å². The summed E-state index contributed by atoms with van der Waals surface area (Å²) < 4.78 is 38.3. The number of carbonyl (C=O) groups is 7. The molecule has 3 saturated carbocycles. The summed E-state index contributed by atoms with van der Waals surface area (Å²) in [5, 5.41) is 0. The molecule has 5 aromatic carbocycles. The summed E-state index contributed by atoms with van der Waals surface area (Å²) in [6, 6.07) is 36.5. The molecule has 14 nitrogen and oxygen atoms in total. The average Bonchev–Trinajstić information content (AvgIpc) is 2.78. The lowest BCUT2D eigenvalue weighted by Crippen LogP contribution is -2.37. The second-order valence-corrected chi connectivity index (χ2v) is 22.0. The van der Waals surface area contributed by atoms with Crippen LogP contribution in [0.5, 0.6) is 11.5 Å². The Balaban J connectivity index is 0.857. The standard InChI is InChI=1S/C74H70O14/c1-4-52-11-13-53(14-12-52)15-16-54-17-19-55(20-18-54)21-22-56-23-25-57(26-24-56)43-46-74(47-44-59(45-48-74)58-35-39-65(40-36-58)86-71(79)63-33-29-61(30-34-63)70(78)85-51-84-68(76)6-3)88-73(81)64-37-41-66(42-38-64)87-72(80)62-31-27-60(28-32-62)69(77)83-50-10-8-7-9-49-82-67(75)5-2/h1,5-6,11-14,17-20,23-26,35-42,59-63H,2-3,7-10,27-34,44-45,47-51H2. The van der Waals surface area contributed by atoms with Crippen molar-refractivity contribution in [3.05, 3.63) is 191 Å². The van der Waals surface area contributed by atoms with Gasteiger partial charge in [0.05, 0.1) is 42.4 Å². The van der Waals surface area contributed by atoms with Gasteiger partial charge in [0.2, 0.25) is 6.79 Å². The fourth-order valence-electron chi connectivity index (χ4n) is 10.7. The minimum Gasteiger partial charge on any atom is -0.465 e. The largest absolute Gasteiger partial charge is 0.465 e. The zero-order valence-corrected chi connectivity index (χ0v) is 49.2. The Bertz CT molecular complexity index is 3510. The molecule has 0 bridgehead atoms. The fourth-order valence-corrected chi connectivity index (χ4v) is 10.7. The van der Waals surface area contributed by atoms with Crippen molar-refractivity contribution < 1.29 is 66.7 Å². The fraction of sp³-hybridized carbons (Fsp3) is 0.338. The highest BCUT2D eigenvalue weighted by atomic mass is 16.7. The summed E-state index contributed by atoms with van der Waals surface area (Å²) in [6.07, 6.45) is 16.7. The molecule has 0 amide bonds. The number of benzene rings is 5. The number of esters is 7. The van der Waals surface area contributed by atoms with Crippen LogP contribution in [0.15, 0.2) is 147 Å². The topological polar surface area (TPSA) is 184 Å². The molecule has 3 aliphatic carbocycles. The minimum absolute atomic E-state index is 0.0986. The van der Waals surface area contributed by atoms with E-state index in [1.165, 1.54) is 0 Å². The third-order valence-electron chi connectivity index (χ3n) is 16.0. The molecule has 88 heavy (non-hydrogen) atoms. The van der Waals surface area contributed by atoms with E-state index in [1.54, 1.807) is 36.4 Å². The molecular formula is C74H70O14. The number of carbonyl (C=O) groups excluding carboxylic acids is 7. The second-order valence-electron chi connectivity index (χ2n) is 22.0. The molecule has 0 aromatic heterocycles. The van der Waals surface area contributed by atoms with Gasteiger partial charge in [-0.2, -0.15) is 0 Å². The zero-order chi connectivity index (χ0) is 62.1. The molecule has 5 aromatic rings. The highest BCUT2D eigenvalue weighted by Gasteiger charge is 2.39. The molecule has 0 radical (unpaired) electrons. The second kappa shape index (κ2) is 32.6. The van der Waals surface area contributed by atoms with E-state index in [0.29, 0.717) is 108 Å². The minimum atomic E-state index is -1.14. The lowest BCUT2D eigenvalue weighted by molar-refractivity contribution is -0.169. The summed E-state index contributed by atoms with van der Waals surface area (Å²) in [6.45, 7) is 6.84.